The Hall–Kier alpha value is -1.51. The molecule has 1 aliphatic carbocycles. The number of hydrogen-bond acceptors (Lipinski definition) is 2. The third-order valence-corrected chi connectivity index (χ3v) is 6.14. The van der Waals surface area contributed by atoms with E-state index in [2.05, 4.69) is 35.6 Å². The largest absolute Gasteiger partial charge is 0.372 e. The Kier molecular flexibility index (Phi) is 6.36. The zero-order valence-electron chi connectivity index (χ0n) is 15.9. The highest BCUT2D eigenvalue weighted by molar-refractivity contribution is 6.30. The molecule has 3 heteroatoms. The number of nitrogens with zero attached hydrogens (tertiary/aromatic N) is 1. The van der Waals surface area contributed by atoms with Crippen LogP contribution < -0.4 is 4.90 Å². The van der Waals surface area contributed by atoms with Crippen LogP contribution in [-0.4, -0.2) is 19.2 Å². The van der Waals surface area contributed by atoms with E-state index in [0.717, 1.165) is 24.5 Å². The van der Waals surface area contributed by atoms with Crippen molar-refractivity contribution in [3.63, 3.8) is 0 Å². The number of hydrogen-bond donors (Lipinski definition) is 0. The highest BCUT2D eigenvalue weighted by Crippen LogP contribution is 2.33. The zero-order chi connectivity index (χ0) is 18.5. The van der Waals surface area contributed by atoms with Crippen molar-refractivity contribution in [1.82, 2.24) is 0 Å². The molecule has 4 rings (SSSR count). The van der Waals surface area contributed by atoms with Gasteiger partial charge in [0.25, 0.3) is 0 Å². The van der Waals surface area contributed by atoms with Crippen LogP contribution in [0.2, 0.25) is 5.02 Å². The lowest BCUT2D eigenvalue weighted by molar-refractivity contribution is 0.0316. The standard InChI is InChI=1S/C24H29ClNO/c25-22-12-8-19(9-13-22)18-27-24-7-4-16-26(17-24)23-14-10-21(11-15-23)20-5-2-1-3-6-20/h5,8-15,20,24H,1-4,6-7,16-18H2. The van der Waals surface area contributed by atoms with Gasteiger partial charge in [0.1, 0.15) is 0 Å². The summed E-state index contributed by atoms with van der Waals surface area (Å²) in [5, 5.41) is 0.775. The number of halogens is 1. The lowest BCUT2D eigenvalue weighted by Gasteiger charge is -2.34. The summed E-state index contributed by atoms with van der Waals surface area (Å²) >= 11 is 5.96. The Morgan fingerprint density at radius 2 is 1.74 bits per heavy atom. The van der Waals surface area contributed by atoms with E-state index in [0.29, 0.717) is 18.6 Å². The summed E-state index contributed by atoms with van der Waals surface area (Å²) in [5.41, 5.74) is 3.99. The van der Waals surface area contributed by atoms with Crippen LogP contribution in [-0.2, 0) is 11.3 Å². The Labute approximate surface area is 168 Å². The van der Waals surface area contributed by atoms with Gasteiger partial charge in [-0.15, -0.1) is 0 Å². The average Bonchev–Trinajstić information content (AvgIpc) is 2.74. The summed E-state index contributed by atoms with van der Waals surface area (Å²) < 4.78 is 6.19. The molecule has 1 saturated carbocycles. The van der Waals surface area contributed by atoms with Crippen LogP contribution in [0.25, 0.3) is 0 Å². The van der Waals surface area contributed by atoms with Crippen molar-refractivity contribution in [3.05, 3.63) is 71.1 Å². The van der Waals surface area contributed by atoms with Gasteiger partial charge < -0.3 is 9.64 Å². The second-order valence-corrected chi connectivity index (χ2v) is 8.30. The first-order chi connectivity index (χ1) is 13.3. The van der Waals surface area contributed by atoms with Gasteiger partial charge in [-0.25, -0.2) is 0 Å². The number of benzene rings is 2. The lowest BCUT2D eigenvalue weighted by Crippen LogP contribution is -2.39. The van der Waals surface area contributed by atoms with Crippen LogP contribution in [0.3, 0.4) is 0 Å². The van der Waals surface area contributed by atoms with E-state index in [1.807, 2.05) is 24.3 Å². The fraction of sp³-hybridized carbons (Fsp3) is 0.458. The number of anilines is 1. The predicted molar refractivity (Wildman–Crippen MR) is 113 cm³/mol. The van der Waals surface area contributed by atoms with Crippen molar-refractivity contribution >= 4 is 17.3 Å². The minimum Gasteiger partial charge on any atom is -0.372 e. The summed E-state index contributed by atoms with van der Waals surface area (Å²) in [6.45, 7) is 2.75. The zero-order valence-corrected chi connectivity index (χ0v) is 16.7. The minimum absolute atomic E-state index is 0.292. The molecule has 2 nitrogen and oxygen atoms in total. The fourth-order valence-electron chi connectivity index (χ4n) is 4.28. The van der Waals surface area contributed by atoms with Gasteiger partial charge >= 0.3 is 0 Å². The molecule has 0 bridgehead atoms. The molecule has 1 saturated heterocycles. The highest BCUT2D eigenvalue weighted by Gasteiger charge is 2.21. The molecule has 0 aromatic heterocycles. The van der Waals surface area contributed by atoms with Crippen LogP contribution >= 0.6 is 11.6 Å². The molecular formula is C24H29ClNO. The number of piperidine rings is 1. The van der Waals surface area contributed by atoms with E-state index in [1.165, 1.54) is 48.9 Å². The summed E-state index contributed by atoms with van der Waals surface area (Å²) in [6, 6.07) is 17.2. The molecular weight excluding hydrogens is 354 g/mol. The normalized spacial score (nSPS) is 21.4. The van der Waals surface area contributed by atoms with Crippen LogP contribution in [0.1, 0.15) is 55.6 Å². The molecule has 0 amide bonds. The first kappa shape index (κ1) is 18.8. The Morgan fingerprint density at radius 3 is 2.48 bits per heavy atom. The molecule has 0 N–H and O–H groups in total. The fourth-order valence-corrected chi connectivity index (χ4v) is 4.41. The lowest BCUT2D eigenvalue weighted by atomic mass is 9.84. The molecule has 2 aliphatic rings. The van der Waals surface area contributed by atoms with Gasteiger partial charge in [0.05, 0.1) is 12.7 Å². The molecule has 2 unspecified atom stereocenters. The van der Waals surface area contributed by atoms with Crippen molar-refractivity contribution in [2.75, 3.05) is 18.0 Å². The Bertz CT molecular complexity index is 706. The van der Waals surface area contributed by atoms with Crippen molar-refractivity contribution in [2.24, 2.45) is 0 Å². The molecule has 2 aromatic carbocycles. The van der Waals surface area contributed by atoms with Crippen LogP contribution in [0.15, 0.2) is 48.5 Å². The maximum atomic E-state index is 6.19. The molecule has 1 radical (unpaired) electrons. The first-order valence-electron chi connectivity index (χ1n) is 10.3. The molecule has 2 fully saturated rings. The Morgan fingerprint density at radius 1 is 0.926 bits per heavy atom. The van der Waals surface area contributed by atoms with Crippen LogP contribution in [0.4, 0.5) is 5.69 Å². The smallest absolute Gasteiger partial charge is 0.0755 e. The monoisotopic (exact) mass is 382 g/mol. The van der Waals surface area contributed by atoms with E-state index < -0.39 is 0 Å². The van der Waals surface area contributed by atoms with Gasteiger partial charge in [-0.2, -0.15) is 0 Å². The van der Waals surface area contributed by atoms with E-state index in [4.69, 9.17) is 16.3 Å². The SMILES string of the molecule is Clc1ccc(COC2CCCN(c3ccc(C4[CH]CCCC4)cc3)C2)cc1. The average molecular weight is 383 g/mol. The first-order valence-corrected chi connectivity index (χ1v) is 10.7. The molecule has 1 aliphatic heterocycles. The van der Waals surface area contributed by atoms with E-state index in [9.17, 15) is 0 Å². The maximum Gasteiger partial charge on any atom is 0.0755 e. The summed E-state index contributed by atoms with van der Waals surface area (Å²) in [4.78, 5) is 2.48. The molecule has 2 aromatic rings. The third-order valence-electron chi connectivity index (χ3n) is 5.88. The molecule has 143 valence electrons. The quantitative estimate of drug-likeness (QED) is 0.594. The van der Waals surface area contributed by atoms with Gasteiger partial charge in [0, 0.05) is 23.8 Å². The molecule has 2 atom stereocenters. The van der Waals surface area contributed by atoms with Crippen LogP contribution in [0.5, 0.6) is 0 Å². The van der Waals surface area contributed by atoms with Gasteiger partial charge in [-0.3, -0.25) is 0 Å². The highest BCUT2D eigenvalue weighted by atomic mass is 35.5. The summed E-state index contributed by atoms with van der Waals surface area (Å²) in [7, 11) is 0. The van der Waals surface area contributed by atoms with Gasteiger partial charge in [-0.05, 0) is 73.4 Å². The number of rotatable bonds is 5. The van der Waals surface area contributed by atoms with Gasteiger partial charge in [0.15, 0.2) is 0 Å². The van der Waals surface area contributed by atoms with Crippen LogP contribution in [0, 0.1) is 6.42 Å². The van der Waals surface area contributed by atoms with Gasteiger partial charge in [-0.1, -0.05) is 48.7 Å². The van der Waals surface area contributed by atoms with E-state index in [-0.39, 0.29) is 0 Å². The summed E-state index contributed by atoms with van der Waals surface area (Å²) in [6.07, 6.45) is 10.4. The van der Waals surface area contributed by atoms with Crippen molar-refractivity contribution < 1.29 is 4.74 Å². The molecule has 0 spiro atoms. The predicted octanol–water partition coefficient (Wildman–Crippen LogP) is 6.39. The maximum absolute atomic E-state index is 6.19. The topological polar surface area (TPSA) is 12.5 Å². The summed E-state index contributed by atoms with van der Waals surface area (Å²) in [5.74, 6) is 0.657. The van der Waals surface area contributed by atoms with Crippen molar-refractivity contribution in [2.45, 2.75) is 57.2 Å². The van der Waals surface area contributed by atoms with Crippen molar-refractivity contribution in [1.29, 1.82) is 0 Å². The van der Waals surface area contributed by atoms with E-state index in [1.54, 1.807) is 0 Å². The third kappa shape index (κ3) is 5.06. The second-order valence-electron chi connectivity index (χ2n) is 7.87. The number of ether oxygens (including phenoxy) is 1. The minimum atomic E-state index is 0.292. The molecule has 27 heavy (non-hydrogen) atoms. The Balaban J connectivity index is 1.32. The van der Waals surface area contributed by atoms with Gasteiger partial charge in [0.2, 0.25) is 0 Å². The second kappa shape index (κ2) is 9.12. The van der Waals surface area contributed by atoms with Crippen molar-refractivity contribution in [3.8, 4) is 0 Å². The van der Waals surface area contributed by atoms with E-state index >= 15 is 0 Å². The molecule has 1 heterocycles.